The second-order valence-corrected chi connectivity index (χ2v) is 8.16. The minimum Gasteiger partial charge on any atom is -0.480 e. The molecule has 7 heteroatoms. The molecule has 0 saturated carbocycles. The lowest BCUT2D eigenvalue weighted by Crippen LogP contribution is -2.23. The third-order valence-corrected chi connectivity index (χ3v) is 5.59. The number of amides is 1. The Morgan fingerprint density at radius 2 is 1.66 bits per heavy atom. The van der Waals surface area contributed by atoms with Crippen LogP contribution in [0.4, 0.5) is 0 Å². The van der Waals surface area contributed by atoms with E-state index in [4.69, 9.17) is 32.7 Å². The van der Waals surface area contributed by atoms with E-state index in [1.807, 2.05) is 45.0 Å². The van der Waals surface area contributed by atoms with Gasteiger partial charge in [-0.15, -0.1) is 0 Å². The van der Waals surface area contributed by atoms with E-state index in [1.54, 1.807) is 24.3 Å². The van der Waals surface area contributed by atoms with Gasteiger partial charge in [0.25, 0.3) is 5.91 Å². The minimum absolute atomic E-state index is 0.145. The van der Waals surface area contributed by atoms with Crippen LogP contribution in [-0.2, 0) is 11.3 Å². The van der Waals surface area contributed by atoms with Crippen LogP contribution >= 0.6 is 23.2 Å². The molecule has 0 heterocycles. The van der Waals surface area contributed by atoms with E-state index in [0.717, 1.165) is 22.3 Å². The maximum Gasteiger partial charge on any atom is 0.349 e. The van der Waals surface area contributed by atoms with Crippen molar-refractivity contribution in [3.8, 4) is 11.5 Å². The quantitative estimate of drug-likeness (QED) is 0.347. The molecule has 0 atom stereocenters. The van der Waals surface area contributed by atoms with Gasteiger partial charge in [-0.2, -0.15) is 0 Å². The molecule has 0 aliphatic heterocycles. The van der Waals surface area contributed by atoms with Crippen LogP contribution in [0.15, 0.2) is 54.6 Å². The molecule has 0 aliphatic rings. The maximum absolute atomic E-state index is 12.4. The molecule has 0 bridgehead atoms. The van der Waals surface area contributed by atoms with Gasteiger partial charge < -0.3 is 14.8 Å². The Morgan fingerprint density at radius 1 is 0.938 bits per heavy atom. The lowest BCUT2D eigenvalue weighted by Gasteiger charge is -2.17. The van der Waals surface area contributed by atoms with Gasteiger partial charge in [-0.3, -0.25) is 4.79 Å². The van der Waals surface area contributed by atoms with Gasteiger partial charge in [-0.1, -0.05) is 47.5 Å². The summed E-state index contributed by atoms with van der Waals surface area (Å²) in [5.74, 6) is 0.138. The largest absolute Gasteiger partial charge is 0.480 e. The number of ether oxygens (including phenoxy) is 2. The number of benzene rings is 3. The van der Waals surface area contributed by atoms with E-state index in [1.165, 1.54) is 6.07 Å². The topological polar surface area (TPSA) is 64.6 Å². The van der Waals surface area contributed by atoms with Crippen molar-refractivity contribution in [2.75, 3.05) is 6.61 Å². The number of esters is 1. The van der Waals surface area contributed by atoms with Crippen LogP contribution in [-0.4, -0.2) is 18.5 Å². The van der Waals surface area contributed by atoms with E-state index in [-0.39, 0.29) is 12.5 Å². The Bertz CT molecular complexity index is 1150. The number of rotatable bonds is 7. The van der Waals surface area contributed by atoms with E-state index >= 15 is 0 Å². The molecule has 0 spiro atoms. The van der Waals surface area contributed by atoms with Crippen molar-refractivity contribution in [1.82, 2.24) is 5.32 Å². The minimum atomic E-state index is -0.549. The molecule has 0 saturated heterocycles. The number of carbonyl (C=O) groups is 2. The smallest absolute Gasteiger partial charge is 0.349 e. The predicted molar refractivity (Wildman–Crippen MR) is 126 cm³/mol. The van der Waals surface area contributed by atoms with Crippen LogP contribution in [0, 0.1) is 20.8 Å². The zero-order valence-corrected chi connectivity index (χ0v) is 19.5. The third-order valence-electron chi connectivity index (χ3n) is 5.06. The Morgan fingerprint density at radius 3 is 2.34 bits per heavy atom. The van der Waals surface area contributed by atoms with Crippen LogP contribution in [0.1, 0.15) is 32.6 Å². The summed E-state index contributed by atoms with van der Waals surface area (Å²) in [6.45, 7) is 5.74. The van der Waals surface area contributed by atoms with Gasteiger partial charge in [-0.05, 0) is 73.4 Å². The fourth-order valence-corrected chi connectivity index (χ4v) is 3.69. The molecule has 0 fully saturated rings. The third kappa shape index (κ3) is 5.81. The van der Waals surface area contributed by atoms with E-state index in [2.05, 4.69) is 5.32 Å². The Balaban J connectivity index is 1.65. The normalized spacial score (nSPS) is 10.5. The number of aryl methyl sites for hydroxylation is 1. The second kappa shape index (κ2) is 10.5. The van der Waals surface area contributed by atoms with Crippen LogP contribution in [0.3, 0.4) is 0 Å². The van der Waals surface area contributed by atoms with Crippen LogP contribution < -0.4 is 14.8 Å². The maximum atomic E-state index is 12.4. The number of halogens is 2. The lowest BCUT2D eigenvalue weighted by atomic mass is 9.98. The first-order valence-corrected chi connectivity index (χ1v) is 10.7. The highest BCUT2D eigenvalue weighted by Gasteiger charge is 2.16. The molecule has 1 amide bonds. The van der Waals surface area contributed by atoms with Gasteiger partial charge in [0, 0.05) is 17.1 Å². The standard InChI is InChI=1S/C25H23Cl2NO4/c1-15-11-19(13-28-25(30)18-7-5-4-6-8-18)16(2)17(3)24(15)32-23(29)14-31-22-10-9-20(26)12-21(22)27/h4-12H,13-14H2,1-3H3,(H,28,30). The second-order valence-electron chi connectivity index (χ2n) is 7.32. The van der Waals surface area contributed by atoms with Crippen LogP contribution in [0.5, 0.6) is 11.5 Å². The summed E-state index contributed by atoms with van der Waals surface area (Å²) >= 11 is 11.9. The number of hydrogen-bond donors (Lipinski definition) is 1. The van der Waals surface area contributed by atoms with Crippen molar-refractivity contribution in [3.63, 3.8) is 0 Å². The van der Waals surface area contributed by atoms with Gasteiger partial charge in [0.1, 0.15) is 11.5 Å². The van der Waals surface area contributed by atoms with E-state index in [0.29, 0.717) is 33.7 Å². The number of nitrogens with one attached hydrogen (secondary N) is 1. The predicted octanol–water partition coefficient (Wildman–Crippen LogP) is 5.83. The molecule has 32 heavy (non-hydrogen) atoms. The van der Waals surface area contributed by atoms with Gasteiger partial charge >= 0.3 is 5.97 Å². The van der Waals surface area contributed by atoms with Crippen molar-refractivity contribution >= 4 is 35.1 Å². The van der Waals surface area contributed by atoms with Crippen molar-refractivity contribution in [3.05, 3.63) is 92.5 Å². The Hall–Kier alpha value is -3.02. The molecule has 3 aromatic carbocycles. The lowest BCUT2D eigenvalue weighted by molar-refractivity contribution is -0.136. The van der Waals surface area contributed by atoms with Crippen molar-refractivity contribution < 1.29 is 19.1 Å². The molecule has 0 radical (unpaired) electrons. The fraction of sp³-hybridized carbons (Fsp3) is 0.200. The van der Waals surface area contributed by atoms with Crippen molar-refractivity contribution in [2.45, 2.75) is 27.3 Å². The SMILES string of the molecule is Cc1cc(CNC(=O)c2ccccc2)c(C)c(C)c1OC(=O)COc1ccc(Cl)cc1Cl. The monoisotopic (exact) mass is 471 g/mol. The molecule has 0 unspecified atom stereocenters. The summed E-state index contributed by atoms with van der Waals surface area (Å²) in [4.78, 5) is 24.7. The van der Waals surface area contributed by atoms with E-state index < -0.39 is 5.97 Å². The molecule has 5 nitrogen and oxygen atoms in total. The Labute approximate surface area is 197 Å². The van der Waals surface area contributed by atoms with Gasteiger partial charge in [-0.25, -0.2) is 4.79 Å². The summed E-state index contributed by atoms with van der Waals surface area (Å²) in [6, 6.07) is 15.7. The number of hydrogen-bond acceptors (Lipinski definition) is 4. The highest BCUT2D eigenvalue weighted by Crippen LogP contribution is 2.30. The fourth-order valence-electron chi connectivity index (χ4n) is 3.22. The zero-order chi connectivity index (χ0) is 23.3. The molecule has 3 aromatic rings. The molecule has 0 aromatic heterocycles. The molecule has 166 valence electrons. The molecule has 3 rings (SSSR count). The highest BCUT2D eigenvalue weighted by molar-refractivity contribution is 6.35. The first-order chi connectivity index (χ1) is 15.3. The van der Waals surface area contributed by atoms with E-state index in [9.17, 15) is 9.59 Å². The first-order valence-electron chi connectivity index (χ1n) is 9.97. The van der Waals surface area contributed by atoms with Crippen LogP contribution in [0.25, 0.3) is 0 Å². The number of carbonyl (C=O) groups excluding carboxylic acids is 2. The zero-order valence-electron chi connectivity index (χ0n) is 18.0. The average molecular weight is 472 g/mol. The molecule has 0 aliphatic carbocycles. The van der Waals surface area contributed by atoms with Crippen LogP contribution in [0.2, 0.25) is 10.0 Å². The molecular weight excluding hydrogens is 449 g/mol. The average Bonchev–Trinajstić information content (AvgIpc) is 2.78. The summed E-state index contributed by atoms with van der Waals surface area (Å²) in [6.07, 6.45) is 0. The van der Waals surface area contributed by atoms with Gasteiger partial charge in [0.2, 0.25) is 0 Å². The molecule has 1 N–H and O–H groups in total. The van der Waals surface area contributed by atoms with Crippen molar-refractivity contribution in [2.24, 2.45) is 0 Å². The summed E-state index contributed by atoms with van der Waals surface area (Å²) in [7, 11) is 0. The van der Waals surface area contributed by atoms with Gasteiger partial charge in [0.05, 0.1) is 5.02 Å². The first kappa shape index (κ1) is 23.6. The Kier molecular flexibility index (Phi) is 7.78. The summed E-state index contributed by atoms with van der Waals surface area (Å²) in [5, 5.41) is 3.72. The van der Waals surface area contributed by atoms with Crippen molar-refractivity contribution in [1.29, 1.82) is 0 Å². The molecular formula is C25H23Cl2NO4. The van der Waals surface area contributed by atoms with Gasteiger partial charge in [0.15, 0.2) is 6.61 Å². The highest BCUT2D eigenvalue weighted by atomic mass is 35.5. The summed E-state index contributed by atoms with van der Waals surface area (Å²) in [5.41, 5.74) is 4.11. The summed E-state index contributed by atoms with van der Waals surface area (Å²) < 4.78 is 11.0.